The molecule has 1 saturated heterocycles. The van der Waals surface area contributed by atoms with Gasteiger partial charge in [0.05, 0.1) is 26.9 Å². The molecule has 1 unspecified atom stereocenters. The summed E-state index contributed by atoms with van der Waals surface area (Å²) >= 11 is 0. The van der Waals surface area contributed by atoms with Gasteiger partial charge in [0.15, 0.2) is 23.0 Å². The van der Waals surface area contributed by atoms with Crippen LogP contribution >= 0.6 is 0 Å². The largest absolute Gasteiger partial charge is 0.504 e. The number of benzene rings is 2. The van der Waals surface area contributed by atoms with Crippen molar-refractivity contribution in [2.45, 2.75) is 12.5 Å². The van der Waals surface area contributed by atoms with E-state index in [0.29, 0.717) is 24.5 Å². The lowest BCUT2D eigenvalue weighted by atomic mass is 9.84. The van der Waals surface area contributed by atoms with Gasteiger partial charge in [0.2, 0.25) is 0 Å². The lowest BCUT2D eigenvalue weighted by molar-refractivity contribution is 0.0717. The highest BCUT2D eigenvalue weighted by Crippen LogP contribution is 2.42. The summed E-state index contributed by atoms with van der Waals surface area (Å²) in [6, 6.07) is 10.4. The lowest BCUT2D eigenvalue weighted by Gasteiger charge is -2.22. The third-order valence-corrected chi connectivity index (χ3v) is 4.97. The van der Waals surface area contributed by atoms with Gasteiger partial charge in [-0.05, 0) is 47.7 Å². The summed E-state index contributed by atoms with van der Waals surface area (Å²) in [7, 11) is 3.02. The van der Waals surface area contributed by atoms with Gasteiger partial charge < -0.3 is 29.5 Å². The second-order valence-corrected chi connectivity index (χ2v) is 6.50. The van der Waals surface area contributed by atoms with E-state index in [0.717, 1.165) is 11.1 Å². The molecule has 3 N–H and O–H groups in total. The van der Waals surface area contributed by atoms with Gasteiger partial charge in [0.25, 0.3) is 0 Å². The molecule has 3 atom stereocenters. The molecule has 6 nitrogen and oxygen atoms in total. The van der Waals surface area contributed by atoms with Gasteiger partial charge >= 0.3 is 0 Å². The van der Waals surface area contributed by atoms with E-state index in [2.05, 4.69) is 0 Å². The van der Waals surface area contributed by atoms with Crippen molar-refractivity contribution >= 4 is 0 Å². The van der Waals surface area contributed by atoms with E-state index in [1.165, 1.54) is 14.2 Å². The minimum atomic E-state index is -0.265. The first-order chi connectivity index (χ1) is 12.6. The van der Waals surface area contributed by atoms with Crippen LogP contribution in [0.1, 0.15) is 17.2 Å². The van der Waals surface area contributed by atoms with Crippen LogP contribution < -0.4 is 9.47 Å². The maximum atomic E-state index is 9.95. The Morgan fingerprint density at radius 3 is 2.31 bits per heavy atom. The number of phenolic OH excluding ortho intramolecular Hbond substituents is 2. The van der Waals surface area contributed by atoms with Crippen LogP contribution in [0, 0.1) is 11.8 Å². The number of rotatable bonds is 6. The maximum absolute atomic E-state index is 9.95. The molecule has 6 heteroatoms. The number of hydrogen-bond donors (Lipinski definition) is 3. The molecular weight excluding hydrogens is 336 g/mol. The Morgan fingerprint density at radius 2 is 1.65 bits per heavy atom. The van der Waals surface area contributed by atoms with Crippen molar-refractivity contribution in [3.63, 3.8) is 0 Å². The zero-order valence-electron chi connectivity index (χ0n) is 14.9. The third kappa shape index (κ3) is 3.57. The molecule has 1 aliphatic rings. The Kier molecular flexibility index (Phi) is 5.54. The smallest absolute Gasteiger partial charge is 0.160 e. The summed E-state index contributed by atoms with van der Waals surface area (Å²) in [5.74, 6) is 1.04. The van der Waals surface area contributed by atoms with E-state index < -0.39 is 0 Å². The van der Waals surface area contributed by atoms with Crippen molar-refractivity contribution in [3.8, 4) is 23.0 Å². The summed E-state index contributed by atoms with van der Waals surface area (Å²) in [5, 5.41) is 29.5. The Morgan fingerprint density at radius 1 is 1.00 bits per heavy atom. The average Bonchev–Trinajstić information content (AvgIpc) is 3.06. The topological polar surface area (TPSA) is 88.4 Å². The van der Waals surface area contributed by atoms with Crippen molar-refractivity contribution in [1.82, 2.24) is 0 Å². The van der Waals surface area contributed by atoms with Gasteiger partial charge in [-0.3, -0.25) is 0 Å². The van der Waals surface area contributed by atoms with E-state index in [4.69, 9.17) is 14.2 Å². The zero-order valence-corrected chi connectivity index (χ0v) is 14.9. The number of phenols is 2. The third-order valence-electron chi connectivity index (χ3n) is 4.97. The fourth-order valence-corrected chi connectivity index (χ4v) is 3.54. The zero-order chi connectivity index (χ0) is 18.7. The number of hydrogen-bond acceptors (Lipinski definition) is 6. The van der Waals surface area contributed by atoms with Gasteiger partial charge in [0.1, 0.15) is 0 Å². The standard InChI is InChI=1S/C20H24O6/c1-24-18-8-12(3-5-16(18)22)7-14-11-26-20(15(14)10-21)13-4-6-17(23)19(9-13)25-2/h3-6,8-9,14-15,20-23H,7,10-11H2,1-2H3/t14-,15?,20+/m0/s1. The second kappa shape index (κ2) is 7.85. The molecule has 1 heterocycles. The molecule has 140 valence electrons. The van der Waals surface area contributed by atoms with Crippen molar-refractivity contribution in [2.24, 2.45) is 11.8 Å². The number of aliphatic hydroxyl groups is 1. The molecule has 2 aromatic carbocycles. The summed E-state index contributed by atoms with van der Waals surface area (Å²) in [5.41, 5.74) is 1.88. The summed E-state index contributed by atoms with van der Waals surface area (Å²) in [4.78, 5) is 0. The molecule has 0 amide bonds. The summed E-state index contributed by atoms with van der Waals surface area (Å²) in [6.07, 6.45) is 0.437. The Bertz CT molecular complexity index is 760. The molecule has 1 fully saturated rings. The number of aliphatic hydroxyl groups excluding tert-OH is 1. The van der Waals surface area contributed by atoms with E-state index in [9.17, 15) is 15.3 Å². The van der Waals surface area contributed by atoms with Gasteiger partial charge in [-0.25, -0.2) is 0 Å². The minimum Gasteiger partial charge on any atom is -0.504 e. The van der Waals surface area contributed by atoms with E-state index >= 15 is 0 Å². The molecular formula is C20H24O6. The van der Waals surface area contributed by atoms with E-state index in [1.54, 1.807) is 30.3 Å². The SMILES string of the molecule is COc1cc(C[C@H]2CO[C@H](c3ccc(O)c(OC)c3)C2CO)ccc1O. The first kappa shape index (κ1) is 18.4. The molecule has 0 aliphatic carbocycles. The highest BCUT2D eigenvalue weighted by molar-refractivity contribution is 5.43. The first-order valence-corrected chi connectivity index (χ1v) is 8.52. The van der Waals surface area contributed by atoms with E-state index in [1.807, 2.05) is 6.07 Å². The van der Waals surface area contributed by atoms with Crippen LogP contribution in [-0.2, 0) is 11.2 Å². The number of methoxy groups -OCH3 is 2. The Hall–Kier alpha value is -2.44. The van der Waals surface area contributed by atoms with Crippen molar-refractivity contribution in [3.05, 3.63) is 47.5 Å². The Balaban J connectivity index is 1.79. The van der Waals surface area contributed by atoms with Crippen molar-refractivity contribution in [2.75, 3.05) is 27.4 Å². The molecule has 0 saturated carbocycles. The maximum Gasteiger partial charge on any atom is 0.160 e. The van der Waals surface area contributed by atoms with Gasteiger partial charge in [-0.1, -0.05) is 12.1 Å². The molecule has 3 rings (SSSR count). The van der Waals surface area contributed by atoms with Crippen LogP contribution in [0.4, 0.5) is 0 Å². The molecule has 0 spiro atoms. The van der Waals surface area contributed by atoms with Crippen LogP contribution in [0.3, 0.4) is 0 Å². The van der Waals surface area contributed by atoms with Crippen LogP contribution in [0.15, 0.2) is 36.4 Å². The highest BCUT2D eigenvalue weighted by Gasteiger charge is 2.38. The second-order valence-electron chi connectivity index (χ2n) is 6.50. The lowest BCUT2D eigenvalue weighted by Crippen LogP contribution is -2.21. The predicted octanol–water partition coefficient (Wildman–Crippen LogP) is 2.65. The Labute approximate surface area is 152 Å². The highest BCUT2D eigenvalue weighted by atomic mass is 16.5. The van der Waals surface area contributed by atoms with Crippen molar-refractivity contribution < 1.29 is 29.5 Å². The van der Waals surface area contributed by atoms with Crippen LogP contribution in [0.2, 0.25) is 0 Å². The van der Waals surface area contributed by atoms with Gasteiger partial charge in [-0.2, -0.15) is 0 Å². The average molecular weight is 360 g/mol. The molecule has 1 aliphatic heterocycles. The molecule has 0 bridgehead atoms. The predicted molar refractivity (Wildman–Crippen MR) is 95.8 cm³/mol. The molecule has 26 heavy (non-hydrogen) atoms. The van der Waals surface area contributed by atoms with Gasteiger partial charge in [-0.15, -0.1) is 0 Å². The summed E-state index contributed by atoms with van der Waals surface area (Å²) in [6.45, 7) is 0.510. The fraction of sp³-hybridized carbons (Fsp3) is 0.400. The number of ether oxygens (including phenoxy) is 3. The van der Waals surface area contributed by atoms with Crippen LogP contribution in [0.5, 0.6) is 23.0 Å². The molecule has 0 aromatic heterocycles. The summed E-state index contributed by atoms with van der Waals surface area (Å²) < 4.78 is 16.3. The fourth-order valence-electron chi connectivity index (χ4n) is 3.54. The van der Waals surface area contributed by atoms with Crippen molar-refractivity contribution in [1.29, 1.82) is 0 Å². The van der Waals surface area contributed by atoms with E-state index in [-0.39, 0.29) is 36.0 Å². The minimum absolute atomic E-state index is 0.00621. The first-order valence-electron chi connectivity index (χ1n) is 8.52. The quantitative estimate of drug-likeness (QED) is 0.734. The number of aromatic hydroxyl groups is 2. The monoisotopic (exact) mass is 360 g/mol. The van der Waals surface area contributed by atoms with Crippen LogP contribution in [-0.4, -0.2) is 42.8 Å². The van der Waals surface area contributed by atoms with Crippen LogP contribution in [0.25, 0.3) is 0 Å². The molecule has 0 radical (unpaired) electrons. The molecule has 2 aromatic rings. The normalized spacial score (nSPS) is 22.3. The van der Waals surface area contributed by atoms with Gasteiger partial charge in [0, 0.05) is 12.5 Å².